The predicted molar refractivity (Wildman–Crippen MR) is 77.2 cm³/mol. The van der Waals surface area contributed by atoms with E-state index in [4.69, 9.17) is 5.11 Å². The molecule has 98 valence electrons. The van der Waals surface area contributed by atoms with Crippen LogP contribution in [0.1, 0.15) is 24.0 Å². The lowest BCUT2D eigenvalue weighted by atomic mass is 10.00. The van der Waals surface area contributed by atoms with Crippen LogP contribution in [0.15, 0.2) is 48.5 Å². The van der Waals surface area contributed by atoms with Gasteiger partial charge in [-0.3, -0.25) is 4.79 Å². The van der Waals surface area contributed by atoms with E-state index in [1.807, 2.05) is 6.07 Å². The molecule has 0 bridgehead atoms. The molecule has 0 heterocycles. The van der Waals surface area contributed by atoms with Crippen LogP contribution < -0.4 is 0 Å². The highest BCUT2D eigenvalue weighted by atomic mass is 16.4. The molecule has 0 aliphatic carbocycles. The molecule has 2 rings (SSSR count). The summed E-state index contributed by atoms with van der Waals surface area (Å²) in [5.74, 6) is -0.727. The number of hydrogen-bond donors (Lipinski definition) is 1. The van der Waals surface area contributed by atoms with Gasteiger partial charge in [-0.15, -0.1) is 0 Å². The van der Waals surface area contributed by atoms with Gasteiger partial charge in [-0.25, -0.2) is 0 Å². The highest BCUT2D eigenvalue weighted by molar-refractivity contribution is 5.67. The molecular weight excluding hydrogens is 236 g/mol. The Hall–Kier alpha value is -2.09. The molecule has 2 aromatic carbocycles. The second-order valence-corrected chi connectivity index (χ2v) is 4.81. The standard InChI is InChI=1S/C17H18O2/c1-13-8-10-15(11-9-13)16-6-2-4-14(12-16)5-3-7-17(18)19/h2,4,6,8-12H,3,5,7H2,1H3,(H,18,19). The smallest absolute Gasteiger partial charge is 0.303 e. The number of aliphatic carboxylic acids is 1. The minimum Gasteiger partial charge on any atom is -0.481 e. The number of aryl methyl sites for hydroxylation is 2. The lowest BCUT2D eigenvalue weighted by molar-refractivity contribution is -0.137. The first-order valence-corrected chi connectivity index (χ1v) is 6.53. The Bertz CT molecular complexity index is 556. The van der Waals surface area contributed by atoms with E-state index in [1.54, 1.807) is 0 Å². The van der Waals surface area contributed by atoms with Crippen molar-refractivity contribution in [3.05, 3.63) is 59.7 Å². The molecule has 2 heteroatoms. The maximum absolute atomic E-state index is 10.5. The summed E-state index contributed by atoms with van der Waals surface area (Å²) in [4.78, 5) is 10.5. The maximum atomic E-state index is 10.5. The molecule has 0 aliphatic heterocycles. The van der Waals surface area contributed by atoms with Crippen LogP contribution >= 0.6 is 0 Å². The number of hydrogen-bond acceptors (Lipinski definition) is 1. The molecule has 0 fully saturated rings. The van der Waals surface area contributed by atoms with Gasteiger partial charge in [0, 0.05) is 6.42 Å². The molecule has 1 N–H and O–H groups in total. The Balaban J connectivity index is 2.10. The Morgan fingerprint density at radius 1 is 1.05 bits per heavy atom. The van der Waals surface area contributed by atoms with Gasteiger partial charge in [-0.05, 0) is 36.5 Å². The zero-order valence-corrected chi connectivity index (χ0v) is 11.1. The molecule has 0 saturated carbocycles. The highest BCUT2D eigenvalue weighted by Gasteiger charge is 2.01. The van der Waals surface area contributed by atoms with E-state index in [9.17, 15) is 4.79 Å². The average Bonchev–Trinajstić information content (AvgIpc) is 2.39. The fraction of sp³-hybridized carbons (Fsp3) is 0.235. The Morgan fingerprint density at radius 3 is 2.47 bits per heavy atom. The van der Waals surface area contributed by atoms with Crippen molar-refractivity contribution in [1.82, 2.24) is 0 Å². The van der Waals surface area contributed by atoms with Crippen molar-refractivity contribution in [3.8, 4) is 11.1 Å². The summed E-state index contributed by atoms with van der Waals surface area (Å²) in [5.41, 5.74) is 4.83. The van der Waals surface area contributed by atoms with Crippen molar-refractivity contribution in [2.24, 2.45) is 0 Å². The Morgan fingerprint density at radius 2 is 1.79 bits per heavy atom. The van der Waals surface area contributed by atoms with Crippen LogP contribution in [0.4, 0.5) is 0 Å². The van der Waals surface area contributed by atoms with Crippen molar-refractivity contribution in [2.45, 2.75) is 26.2 Å². The van der Waals surface area contributed by atoms with Crippen LogP contribution in [0.3, 0.4) is 0 Å². The minimum absolute atomic E-state index is 0.231. The van der Waals surface area contributed by atoms with Crippen LogP contribution in [-0.2, 0) is 11.2 Å². The van der Waals surface area contributed by atoms with Gasteiger partial charge in [-0.1, -0.05) is 54.1 Å². The van der Waals surface area contributed by atoms with Crippen LogP contribution in [0.25, 0.3) is 11.1 Å². The number of benzene rings is 2. The SMILES string of the molecule is Cc1ccc(-c2cccc(CCCC(=O)O)c2)cc1. The highest BCUT2D eigenvalue weighted by Crippen LogP contribution is 2.21. The molecule has 0 aromatic heterocycles. The van der Waals surface area contributed by atoms with Crippen molar-refractivity contribution in [2.75, 3.05) is 0 Å². The molecule has 0 unspecified atom stereocenters. The normalized spacial score (nSPS) is 10.4. The lowest BCUT2D eigenvalue weighted by Crippen LogP contribution is -1.95. The van der Waals surface area contributed by atoms with E-state index in [2.05, 4.69) is 49.4 Å². The summed E-state index contributed by atoms with van der Waals surface area (Å²) in [6.45, 7) is 2.08. The van der Waals surface area contributed by atoms with E-state index in [1.165, 1.54) is 22.3 Å². The van der Waals surface area contributed by atoms with Crippen molar-refractivity contribution >= 4 is 5.97 Å². The molecular formula is C17H18O2. The average molecular weight is 254 g/mol. The number of carboxylic acids is 1. The quantitative estimate of drug-likeness (QED) is 0.873. The first-order chi connectivity index (χ1) is 9.15. The topological polar surface area (TPSA) is 37.3 Å². The van der Waals surface area contributed by atoms with Gasteiger partial charge >= 0.3 is 5.97 Å². The maximum Gasteiger partial charge on any atom is 0.303 e. The summed E-state index contributed by atoms with van der Waals surface area (Å²) >= 11 is 0. The molecule has 0 aliphatic rings. The molecule has 0 radical (unpaired) electrons. The third-order valence-electron chi connectivity index (χ3n) is 3.17. The summed E-state index contributed by atoms with van der Waals surface area (Å²) in [6.07, 6.45) is 1.73. The molecule has 2 aromatic rings. The summed E-state index contributed by atoms with van der Waals surface area (Å²) in [5, 5.41) is 8.65. The van der Waals surface area contributed by atoms with Crippen LogP contribution in [-0.4, -0.2) is 11.1 Å². The molecule has 0 amide bonds. The number of rotatable bonds is 5. The molecule has 0 saturated heterocycles. The van der Waals surface area contributed by atoms with E-state index in [-0.39, 0.29) is 6.42 Å². The summed E-state index contributed by atoms with van der Waals surface area (Å²) < 4.78 is 0. The predicted octanol–water partition coefficient (Wildman–Crippen LogP) is 4.07. The Kier molecular flexibility index (Phi) is 4.35. The minimum atomic E-state index is -0.727. The third kappa shape index (κ3) is 3.95. The third-order valence-corrected chi connectivity index (χ3v) is 3.17. The van der Waals surface area contributed by atoms with Gasteiger partial charge in [0.2, 0.25) is 0 Å². The van der Waals surface area contributed by atoms with E-state index < -0.39 is 5.97 Å². The Labute approximate surface area is 113 Å². The zero-order chi connectivity index (χ0) is 13.7. The van der Waals surface area contributed by atoms with Crippen LogP contribution in [0, 0.1) is 6.92 Å². The fourth-order valence-electron chi connectivity index (χ4n) is 2.10. The fourth-order valence-corrected chi connectivity index (χ4v) is 2.10. The van der Waals surface area contributed by atoms with Crippen molar-refractivity contribution < 1.29 is 9.90 Å². The van der Waals surface area contributed by atoms with E-state index >= 15 is 0 Å². The molecule has 19 heavy (non-hydrogen) atoms. The summed E-state index contributed by atoms with van der Waals surface area (Å²) in [6, 6.07) is 16.8. The van der Waals surface area contributed by atoms with Gasteiger partial charge in [0.1, 0.15) is 0 Å². The van der Waals surface area contributed by atoms with Gasteiger partial charge in [0.25, 0.3) is 0 Å². The number of carboxylic acid groups (broad SMARTS) is 1. The summed E-state index contributed by atoms with van der Waals surface area (Å²) in [7, 11) is 0. The lowest BCUT2D eigenvalue weighted by Gasteiger charge is -2.05. The second kappa shape index (κ2) is 6.19. The largest absolute Gasteiger partial charge is 0.481 e. The van der Waals surface area contributed by atoms with E-state index in [0.29, 0.717) is 6.42 Å². The molecule has 0 atom stereocenters. The van der Waals surface area contributed by atoms with Gasteiger partial charge < -0.3 is 5.11 Å². The first-order valence-electron chi connectivity index (χ1n) is 6.53. The van der Waals surface area contributed by atoms with Crippen LogP contribution in [0.5, 0.6) is 0 Å². The first kappa shape index (κ1) is 13.3. The zero-order valence-electron chi connectivity index (χ0n) is 11.1. The van der Waals surface area contributed by atoms with Crippen molar-refractivity contribution in [1.29, 1.82) is 0 Å². The van der Waals surface area contributed by atoms with Crippen LogP contribution in [0.2, 0.25) is 0 Å². The monoisotopic (exact) mass is 254 g/mol. The van der Waals surface area contributed by atoms with Crippen molar-refractivity contribution in [3.63, 3.8) is 0 Å². The van der Waals surface area contributed by atoms with Gasteiger partial charge in [-0.2, -0.15) is 0 Å². The van der Waals surface area contributed by atoms with E-state index in [0.717, 1.165) is 6.42 Å². The van der Waals surface area contributed by atoms with Gasteiger partial charge in [0.05, 0.1) is 0 Å². The molecule has 0 spiro atoms. The molecule has 2 nitrogen and oxygen atoms in total. The van der Waals surface area contributed by atoms with Gasteiger partial charge in [0.15, 0.2) is 0 Å². The number of carbonyl (C=O) groups is 1. The second-order valence-electron chi connectivity index (χ2n) is 4.81.